The molecule has 0 bridgehead atoms. The Balaban J connectivity index is 3.09. The molecule has 0 spiro atoms. The molecule has 1 aromatic carbocycles. The van der Waals surface area contributed by atoms with Crippen molar-refractivity contribution < 1.29 is 18.0 Å². The first kappa shape index (κ1) is 13.6. The maximum Gasteiger partial charge on any atom is 0.416 e. The van der Waals surface area contributed by atoms with E-state index in [1.165, 1.54) is 18.0 Å². The molecule has 7 heteroatoms. The molecule has 0 saturated carbocycles. The van der Waals surface area contributed by atoms with E-state index >= 15 is 0 Å². The maximum atomic E-state index is 12.5. The first-order valence-corrected chi connectivity index (χ1v) is 4.95. The fourth-order valence-electron chi connectivity index (χ4n) is 1.28. The van der Waals surface area contributed by atoms with Gasteiger partial charge in [0.25, 0.3) is 0 Å². The highest BCUT2D eigenvalue weighted by molar-refractivity contribution is 6.31. The number of primary amides is 1. The highest BCUT2D eigenvalue weighted by atomic mass is 35.5. The normalized spacial score (nSPS) is 11.4. The highest BCUT2D eigenvalue weighted by Gasteiger charge is 2.31. The summed E-state index contributed by atoms with van der Waals surface area (Å²) in [5.41, 5.74) is 4.28. The zero-order chi connectivity index (χ0) is 13.2. The molecule has 17 heavy (non-hydrogen) atoms. The van der Waals surface area contributed by atoms with Gasteiger partial charge in [0, 0.05) is 17.8 Å². The topological polar surface area (TPSA) is 46.3 Å². The fraction of sp³-hybridized carbons (Fsp3) is 0.300. The number of anilines is 1. The summed E-state index contributed by atoms with van der Waals surface area (Å²) in [5.74, 6) is -0.638. The van der Waals surface area contributed by atoms with Gasteiger partial charge in [-0.25, -0.2) is 0 Å². The van der Waals surface area contributed by atoms with Crippen molar-refractivity contribution in [2.24, 2.45) is 5.73 Å². The average Bonchev–Trinajstić information content (AvgIpc) is 2.14. The highest BCUT2D eigenvalue weighted by Crippen LogP contribution is 2.33. The van der Waals surface area contributed by atoms with E-state index in [0.717, 1.165) is 12.1 Å². The minimum Gasteiger partial charge on any atom is -0.368 e. The molecule has 0 atom stereocenters. The van der Waals surface area contributed by atoms with E-state index in [9.17, 15) is 18.0 Å². The Labute approximate surface area is 101 Å². The summed E-state index contributed by atoms with van der Waals surface area (Å²) in [5, 5.41) is -0.0499. The van der Waals surface area contributed by atoms with Crippen LogP contribution in [0.4, 0.5) is 18.9 Å². The largest absolute Gasteiger partial charge is 0.416 e. The van der Waals surface area contributed by atoms with E-state index < -0.39 is 17.6 Å². The quantitative estimate of drug-likeness (QED) is 0.912. The number of likely N-dealkylation sites (N-methyl/N-ethyl adjacent to an activating group) is 1. The summed E-state index contributed by atoms with van der Waals surface area (Å²) < 4.78 is 37.5. The van der Waals surface area contributed by atoms with Crippen LogP contribution in [0.15, 0.2) is 18.2 Å². The fourth-order valence-corrected chi connectivity index (χ4v) is 1.51. The lowest BCUT2D eigenvalue weighted by Gasteiger charge is -2.19. The smallest absolute Gasteiger partial charge is 0.368 e. The molecule has 0 aliphatic rings. The second-order valence-electron chi connectivity index (χ2n) is 3.52. The molecule has 0 radical (unpaired) electrons. The van der Waals surface area contributed by atoms with E-state index in [2.05, 4.69) is 0 Å². The van der Waals surface area contributed by atoms with Gasteiger partial charge < -0.3 is 10.6 Å². The van der Waals surface area contributed by atoms with Gasteiger partial charge in [0.1, 0.15) is 0 Å². The molecular weight excluding hydrogens is 257 g/mol. The monoisotopic (exact) mass is 266 g/mol. The van der Waals surface area contributed by atoms with Crippen molar-refractivity contribution >= 4 is 23.2 Å². The van der Waals surface area contributed by atoms with Crippen molar-refractivity contribution in [1.82, 2.24) is 0 Å². The lowest BCUT2D eigenvalue weighted by Crippen LogP contribution is -2.30. The molecule has 0 unspecified atom stereocenters. The molecule has 94 valence electrons. The summed E-state index contributed by atoms with van der Waals surface area (Å²) in [4.78, 5) is 12.0. The molecule has 0 heterocycles. The van der Waals surface area contributed by atoms with Crippen molar-refractivity contribution in [2.75, 3.05) is 18.5 Å². The van der Waals surface area contributed by atoms with Crippen molar-refractivity contribution in [3.63, 3.8) is 0 Å². The predicted molar refractivity (Wildman–Crippen MR) is 58.9 cm³/mol. The number of hydrogen-bond acceptors (Lipinski definition) is 2. The van der Waals surface area contributed by atoms with E-state index in [1.807, 2.05) is 0 Å². The van der Waals surface area contributed by atoms with Gasteiger partial charge in [-0.1, -0.05) is 11.6 Å². The molecule has 1 aromatic rings. The molecule has 3 nitrogen and oxygen atoms in total. The Morgan fingerprint density at radius 1 is 1.41 bits per heavy atom. The Kier molecular flexibility index (Phi) is 3.87. The molecule has 0 fully saturated rings. The number of hydrogen-bond donors (Lipinski definition) is 1. The molecule has 0 aliphatic carbocycles. The van der Waals surface area contributed by atoms with Gasteiger partial charge in [-0.3, -0.25) is 4.79 Å². The van der Waals surface area contributed by atoms with E-state index in [1.54, 1.807) is 0 Å². The Hall–Kier alpha value is -1.43. The van der Waals surface area contributed by atoms with Crippen LogP contribution in [0.5, 0.6) is 0 Å². The third kappa shape index (κ3) is 3.81. The minimum atomic E-state index is -4.48. The SMILES string of the molecule is CN(CC(N)=O)c1cc(Cl)cc(C(F)(F)F)c1. The number of halogens is 4. The van der Waals surface area contributed by atoms with Crippen LogP contribution < -0.4 is 10.6 Å². The third-order valence-corrected chi connectivity index (χ3v) is 2.26. The summed E-state index contributed by atoms with van der Waals surface area (Å²) >= 11 is 5.59. The van der Waals surface area contributed by atoms with Crippen LogP contribution in [0.3, 0.4) is 0 Å². The lowest BCUT2D eigenvalue weighted by atomic mass is 10.2. The first-order chi connectivity index (χ1) is 7.70. The molecule has 0 aliphatic heterocycles. The second kappa shape index (κ2) is 4.83. The van der Waals surface area contributed by atoms with Gasteiger partial charge in [0.05, 0.1) is 12.1 Å². The summed E-state index contributed by atoms with van der Waals surface area (Å²) in [6.07, 6.45) is -4.48. The standard InChI is InChI=1S/C10H10ClF3N2O/c1-16(5-9(15)17)8-3-6(10(12,13)14)2-7(11)4-8/h2-4H,5H2,1H3,(H2,15,17). The average molecular weight is 267 g/mol. The maximum absolute atomic E-state index is 12.5. The Morgan fingerprint density at radius 2 is 2.00 bits per heavy atom. The van der Waals surface area contributed by atoms with E-state index in [4.69, 9.17) is 17.3 Å². The number of amides is 1. The number of carbonyl (C=O) groups excluding carboxylic acids is 1. The molecule has 0 aromatic heterocycles. The molecule has 1 amide bonds. The van der Waals surface area contributed by atoms with Gasteiger partial charge >= 0.3 is 6.18 Å². The first-order valence-electron chi connectivity index (χ1n) is 4.57. The number of benzene rings is 1. The molecular formula is C10H10ClF3N2O. The third-order valence-electron chi connectivity index (χ3n) is 2.04. The van der Waals surface area contributed by atoms with Crippen LogP contribution >= 0.6 is 11.6 Å². The van der Waals surface area contributed by atoms with Gasteiger partial charge in [-0.15, -0.1) is 0 Å². The summed E-state index contributed by atoms with van der Waals surface area (Å²) in [7, 11) is 1.45. The number of nitrogens with zero attached hydrogens (tertiary/aromatic N) is 1. The lowest BCUT2D eigenvalue weighted by molar-refractivity contribution is -0.137. The van der Waals surface area contributed by atoms with Gasteiger partial charge in [-0.2, -0.15) is 13.2 Å². The van der Waals surface area contributed by atoms with Crippen LogP contribution in [0.1, 0.15) is 5.56 Å². The second-order valence-corrected chi connectivity index (χ2v) is 3.95. The van der Waals surface area contributed by atoms with Crippen LogP contribution in [0, 0.1) is 0 Å². The minimum absolute atomic E-state index is 0.0499. The summed E-state index contributed by atoms with van der Waals surface area (Å²) in [6, 6.07) is 3.07. The van der Waals surface area contributed by atoms with Gasteiger partial charge in [-0.05, 0) is 18.2 Å². The molecule has 2 N–H and O–H groups in total. The Bertz CT molecular complexity index is 434. The molecule has 0 saturated heterocycles. The zero-order valence-electron chi connectivity index (χ0n) is 8.88. The number of carbonyl (C=O) groups is 1. The van der Waals surface area contributed by atoms with Crippen molar-refractivity contribution in [3.8, 4) is 0 Å². The van der Waals surface area contributed by atoms with Crippen molar-refractivity contribution in [2.45, 2.75) is 6.18 Å². The number of alkyl halides is 3. The van der Waals surface area contributed by atoms with Crippen molar-refractivity contribution in [1.29, 1.82) is 0 Å². The number of nitrogens with two attached hydrogens (primary N) is 1. The summed E-state index contributed by atoms with van der Waals surface area (Å²) in [6.45, 7) is -0.183. The van der Waals surface area contributed by atoms with E-state index in [-0.39, 0.29) is 17.3 Å². The Morgan fingerprint density at radius 3 is 2.47 bits per heavy atom. The van der Waals surface area contributed by atoms with Crippen LogP contribution in [-0.4, -0.2) is 19.5 Å². The number of rotatable bonds is 3. The van der Waals surface area contributed by atoms with Crippen LogP contribution in [0.2, 0.25) is 5.02 Å². The zero-order valence-corrected chi connectivity index (χ0v) is 9.64. The molecule has 1 rings (SSSR count). The van der Waals surface area contributed by atoms with Crippen LogP contribution in [0.25, 0.3) is 0 Å². The van der Waals surface area contributed by atoms with Crippen molar-refractivity contribution in [3.05, 3.63) is 28.8 Å². The van der Waals surface area contributed by atoms with Gasteiger partial charge in [0.15, 0.2) is 0 Å². The van der Waals surface area contributed by atoms with Gasteiger partial charge in [0.2, 0.25) is 5.91 Å². The van der Waals surface area contributed by atoms with E-state index in [0.29, 0.717) is 0 Å². The predicted octanol–water partition coefficient (Wildman–Crippen LogP) is 2.28. The van der Waals surface area contributed by atoms with Crippen LogP contribution in [-0.2, 0) is 11.0 Å².